The van der Waals surface area contributed by atoms with Crippen molar-refractivity contribution >= 4 is 29.4 Å². The lowest BCUT2D eigenvalue weighted by Crippen LogP contribution is -2.62. The van der Waals surface area contributed by atoms with Crippen LogP contribution in [0.4, 0.5) is 0 Å². The van der Waals surface area contributed by atoms with Crippen molar-refractivity contribution in [3.05, 3.63) is 0 Å². The van der Waals surface area contributed by atoms with Crippen molar-refractivity contribution in [2.24, 2.45) is 17.8 Å². The first-order chi connectivity index (χ1) is 18.0. The Morgan fingerprint density at radius 3 is 1.77 bits per heavy atom. The standard InChI is InChI=1S/C28H50N4O7/c1-11-16(5)21(30-27(38)23(17(6)12-2)32(10)19(8)34)25(36)31-22(18(7)33)26(37)29-20(13-15(3)4)24(35)28(9)14-39-28/h15-18,20-23,33H,11-14H2,1-10H3,(H,29,37)(H,30,38)(H,31,36)/t16-,17-,18+,20-,21+,22-,23-,28+/m0/s1. The molecule has 1 aliphatic rings. The molecule has 0 unspecified atom stereocenters. The number of carbonyl (C=O) groups is 5. The molecule has 8 atom stereocenters. The number of carbonyl (C=O) groups excluding carboxylic acids is 5. The highest BCUT2D eigenvalue weighted by atomic mass is 16.6. The van der Waals surface area contributed by atoms with E-state index in [0.29, 0.717) is 19.3 Å². The second kappa shape index (κ2) is 14.7. The fraction of sp³-hybridized carbons (Fsp3) is 0.821. The zero-order valence-electron chi connectivity index (χ0n) is 25.3. The summed E-state index contributed by atoms with van der Waals surface area (Å²) < 4.78 is 5.27. The molecule has 0 aliphatic carbocycles. The second-order valence-electron chi connectivity index (χ2n) is 11.6. The van der Waals surface area contributed by atoms with Gasteiger partial charge in [0.05, 0.1) is 18.8 Å². The summed E-state index contributed by atoms with van der Waals surface area (Å²) in [6.45, 7) is 16.0. The van der Waals surface area contributed by atoms with Gasteiger partial charge in [-0.15, -0.1) is 0 Å². The van der Waals surface area contributed by atoms with Crippen molar-refractivity contribution < 1.29 is 33.8 Å². The Balaban J connectivity index is 3.15. The molecule has 4 N–H and O–H groups in total. The third kappa shape index (κ3) is 9.56. The average Bonchev–Trinajstić information content (AvgIpc) is 3.61. The minimum Gasteiger partial charge on any atom is -0.391 e. The Hall–Kier alpha value is -2.53. The number of hydrogen-bond acceptors (Lipinski definition) is 7. The van der Waals surface area contributed by atoms with Crippen molar-refractivity contribution in [2.45, 2.75) is 117 Å². The molecular weight excluding hydrogens is 504 g/mol. The molecule has 0 saturated carbocycles. The molecule has 11 heteroatoms. The number of nitrogens with zero attached hydrogens (tertiary/aromatic N) is 1. The molecule has 11 nitrogen and oxygen atoms in total. The molecule has 1 aliphatic heterocycles. The highest BCUT2D eigenvalue weighted by Crippen LogP contribution is 2.29. The van der Waals surface area contributed by atoms with Gasteiger partial charge < -0.3 is 30.7 Å². The van der Waals surface area contributed by atoms with E-state index in [0.717, 1.165) is 0 Å². The van der Waals surface area contributed by atoms with E-state index in [4.69, 9.17) is 4.74 Å². The van der Waals surface area contributed by atoms with Crippen LogP contribution >= 0.6 is 0 Å². The maximum atomic E-state index is 13.4. The van der Waals surface area contributed by atoms with Gasteiger partial charge in [-0.2, -0.15) is 0 Å². The fourth-order valence-corrected chi connectivity index (χ4v) is 4.41. The highest BCUT2D eigenvalue weighted by molar-refractivity contribution is 5.99. The van der Waals surface area contributed by atoms with Gasteiger partial charge in [-0.25, -0.2) is 0 Å². The van der Waals surface area contributed by atoms with Crippen molar-refractivity contribution in [2.75, 3.05) is 13.7 Å². The van der Waals surface area contributed by atoms with Gasteiger partial charge >= 0.3 is 0 Å². The van der Waals surface area contributed by atoms with Crippen LogP contribution in [-0.2, 0) is 28.7 Å². The molecule has 224 valence electrons. The van der Waals surface area contributed by atoms with E-state index >= 15 is 0 Å². The summed E-state index contributed by atoms with van der Waals surface area (Å²) in [5, 5.41) is 18.5. The van der Waals surface area contributed by atoms with Crippen LogP contribution in [0.2, 0.25) is 0 Å². The summed E-state index contributed by atoms with van der Waals surface area (Å²) in [6, 6.07) is -4.00. The van der Waals surface area contributed by atoms with Gasteiger partial charge in [-0.05, 0) is 38.0 Å². The number of ether oxygens (including phenoxy) is 1. The summed E-state index contributed by atoms with van der Waals surface area (Å²) in [4.78, 5) is 66.4. The van der Waals surface area contributed by atoms with Crippen LogP contribution in [0.3, 0.4) is 0 Å². The van der Waals surface area contributed by atoms with Gasteiger partial charge in [0.25, 0.3) is 0 Å². The predicted molar refractivity (Wildman–Crippen MR) is 147 cm³/mol. The minimum atomic E-state index is -1.36. The van der Waals surface area contributed by atoms with Crippen LogP contribution < -0.4 is 16.0 Å². The lowest BCUT2D eigenvalue weighted by Gasteiger charge is -2.34. The Labute approximate surface area is 233 Å². The largest absolute Gasteiger partial charge is 0.391 e. The van der Waals surface area contributed by atoms with E-state index in [1.807, 2.05) is 34.6 Å². The monoisotopic (exact) mass is 554 g/mol. The van der Waals surface area contributed by atoms with E-state index in [1.54, 1.807) is 20.9 Å². The lowest BCUT2D eigenvalue weighted by molar-refractivity contribution is -0.141. The number of aliphatic hydroxyl groups excluding tert-OH is 1. The van der Waals surface area contributed by atoms with Crippen molar-refractivity contribution in [3.8, 4) is 0 Å². The summed E-state index contributed by atoms with van der Waals surface area (Å²) in [6.07, 6.45) is 0.280. The van der Waals surface area contributed by atoms with Gasteiger partial charge in [0.15, 0.2) is 5.78 Å². The van der Waals surface area contributed by atoms with Crippen LogP contribution in [0.5, 0.6) is 0 Å². The average molecular weight is 555 g/mol. The Morgan fingerprint density at radius 2 is 1.36 bits per heavy atom. The molecule has 39 heavy (non-hydrogen) atoms. The number of ketones is 1. The van der Waals surface area contributed by atoms with Crippen LogP contribution in [0.1, 0.15) is 81.6 Å². The molecule has 0 radical (unpaired) electrons. The number of nitrogens with one attached hydrogen (secondary N) is 3. The first-order valence-electron chi connectivity index (χ1n) is 14.0. The van der Waals surface area contributed by atoms with Crippen LogP contribution in [-0.4, -0.2) is 88.9 Å². The topological polar surface area (TPSA) is 157 Å². The number of likely N-dealkylation sites (N-methyl/N-ethyl adjacent to an activating group) is 1. The van der Waals surface area contributed by atoms with Crippen molar-refractivity contribution in [1.29, 1.82) is 0 Å². The number of epoxide rings is 1. The van der Waals surface area contributed by atoms with Gasteiger partial charge in [0.1, 0.15) is 23.7 Å². The smallest absolute Gasteiger partial charge is 0.245 e. The SMILES string of the molecule is CC[C@H](C)[C@@H](C(=O)N[C@@H](C(=O)N[C@H](C(=O)N[C@@H](CC(C)C)C(=O)[C@@]1(C)CO1)[C@@H](C)O)[C@@H](C)CC)N(C)C(C)=O. The molecule has 1 fully saturated rings. The number of rotatable bonds is 16. The summed E-state index contributed by atoms with van der Waals surface area (Å²) in [7, 11) is 1.55. The molecule has 1 saturated heterocycles. The quantitative estimate of drug-likeness (QED) is 0.209. The predicted octanol–water partition coefficient (Wildman–Crippen LogP) is 1.16. The highest BCUT2D eigenvalue weighted by Gasteiger charge is 2.50. The zero-order valence-corrected chi connectivity index (χ0v) is 25.3. The first-order valence-corrected chi connectivity index (χ1v) is 14.0. The third-order valence-corrected chi connectivity index (χ3v) is 7.66. The minimum absolute atomic E-state index is 0.0952. The molecule has 0 bridgehead atoms. The van der Waals surface area contributed by atoms with E-state index in [2.05, 4.69) is 16.0 Å². The maximum absolute atomic E-state index is 13.4. The number of Topliss-reactive ketones (excluding diaryl/α,β-unsaturated/α-hetero) is 1. The van der Waals surface area contributed by atoms with Crippen LogP contribution in [0, 0.1) is 17.8 Å². The molecule has 0 aromatic heterocycles. The van der Waals surface area contributed by atoms with Crippen LogP contribution in [0.15, 0.2) is 0 Å². The van der Waals surface area contributed by atoms with Gasteiger partial charge in [0.2, 0.25) is 23.6 Å². The summed E-state index contributed by atoms with van der Waals surface area (Å²) >= 11 is 0. The summed E-state index contributed by atoms with van der Waals surface area (Å²) in [5.74, 6) is -2.73. The number of amides is 4. The number of hydrogen-bond donors (Lipinski definition) is 4. The van der Waals surface area contributed by atoms with Gasteiger partial charge in [0, 0.05) is 14.0 Å². The molecule has 0 aromatic rings. The Bertz CT molecular complexity index is 887. The molecule has 4 amide bonds. The third-order valence-electron chi connectivity index (χ3n) is 7.66. The Kier molecular flexibility index (Phi) is 13.0. The normalized spacial score (nSPS) is 21.9. The molecular formula is C28H50N4O7. The van der Waals surface area contributed by atoms with Crippen LogP contribution in [0.25, 0.3) is 0 Å². The molecule has 0 aromatic carbocycles. The van der Waals surface area contributed by atoms with E-state index in [9.17, 15) is 29.1 Å². The molecule has 1 heterocycles. The zero-order chi connectivity index (χ0) is 30.2. The van der Waals surface area contributed by atoms with Crippen molar-refractivity contribution in [1.82, 2.24) is 20.9 Å². The van der Waals surface area contributed by atoms with Crippen molar-refractivity contribution in [3.63, 3.8) is 0 Å². The molecule has 1 rings (SSSR count). The van der Waals surface area contributed by atoms with Gasteiger partial charge in [-0.3, -0.25) is 24.0 Å². The Morgan fingerprint density at radius 1 is 0.872 bits per heavy atom. The number of aliphatic hydroxyl groups is 1. The first kappa shape index (κ1) is 34.5. The second-order valence-corrected chi connectivity index (χ2v) is 11.6. The van der Waals surface area contributed by atoms with Gasteiger partial charge in [-0.1, -0.05) is 54.4 Å². The fourth-order valence-electron chi connectivity index (χ4n) is 4.41. The maximum Gasteiger partial charge on any atom is 0.245 e. The van der Waals surface area contributed by atoms with E-state index in [-0.39, 0.29) is 36.1 Å². The lowest BCUT2D eigenvalue weighted by atomic mass is 9.92. The van der Waals surface area contributed by atoms with E-state index in [1.165, 1.54) is 18.7 Å². The summed E-state index contributed by atoms with van der Waals surface area (Å²) in [5.41, 5.74) is -0.943. The molecule has 0 spiro atoms. The van der Waals surface area contributed by atoms with E-state index < -0.39 is 53.6 Å².